The van der Waals surface area contributed by atoms with Gasteiger partial charge in [-0.2, -0.15) is 0 Å². The molecule has 20 heavy (non-hydrogen) atoms. The van der Waals surface area contributed by atoms with E-state index in [1.807, 2.05) is 26.8 Å². The van der Waals surface area contributed by atoms with Crippen molar-refractivity contribution in [2.75, 3.05) is 20.6 Å². The summed E-state index contributed by atoms with van der Waals surface area (Å²) >= 11 is 0. The Kier molecular flexibility index (Phi) is 5.53. The maximum absolute atomic E-state index is 11.5. The van der Waals surface area contributed by atoms with Gasteiger partial charge in [0.15, 0.2) is 0 Å². The number of hydrogen-bond acceptors (Lipinski definition) is 4. The standard InChI is InChI=1S/C15H24N2O3/c1-15(2,3)16-10-13(18)11-7-6-8-12(9-11)20-14(19)17(4)5/h6-9,13,16,18H,10H2,1-5H3. The monoisotopic (exact) mass is 280 g/mol. The lowest BCUT2D eigenvalue weighted by Crippen LogP contribution is -2.38. The minimum atomic E-state index is -0.646. The molecule has 0 bridgehead atoms. The van der Waals surface area contributed by atoms with Crippen LogP contribution in [0, 0.1) is 0 Å². The van der Waals surface area contributed by atoms with Gasteiger partial charge in [-0.3, -0.25) is 0 Å². The second-order valence-electron chi connectivity index (χ2n) is 5.98. The van der Waals surface area contributed by atoms with E-state index in [0.29, 0.717) is 17.9 Å². The van der Waals surface area contributed by atoms with Crippen LogP contribution < -0.4 is 10.1 Å². The molecule has 0 aliphatic heterocycles. The van der Waals surface area contributed by atoms with Gasteiger partial charge in [-0.25, -0.2) is 4.79 Å². The molecule has 2 N–H and O–H groups in total. The van der Waals surface area contributed by atoms with Gasteiger partial charge >= 0.3 is 6.09 Å². The molecule has 1 aromatic carbocycles. The Morgan fingerprint density at radius 3 is 2.60 bits per heavy atom. The number of ether oxygens (including phenoxy) is 1. The van der Waals surface area contributed by atoms with Crippen molar-refractivity contribution in [3.8, 4) is 5.75 Å². The Balaban J connectivity index is 2.70. The number of β-amino-alcohol motifs (C(OH)–C–C–N with tert-alkyl or cyclic N) is 1. The minimum Gasteiger partial charge on any atom is -0.410 e. The predicted octanol–water partition coefficient (Wildman–Crippen LogP) is 2.17. The number of benzene rings is 1. The van der Waals surface area contributed by atoms with Gasteiger partial charge in [-0.15, -0.1) is 0 Å². The van der Waals surface area contributed by atoms with Crippen LogP contribution >= 0.6 is 0 Å². The lowest BCUT2D eigenvalue weighted by molar-refractivity contribution is 0.161. The van der Waals surface area contributed by atoms with E-state index in [4.69, 9.17) is 4.74 Å². The van der Waals surface area contributed by atoms with Gasteiger partial charge in [0.25, 0.3) is 0 Å². The van der Waals surface area contributed by atoms with E-state index in [1.165, 1.54) is 4.90 Å². The fourth-order valence-electron chi connectivity index (χ4n) is 1.50. The molecule has 1 atom stereocenters. The van der Waals surface area contributed by atoms with Crippen molar-refractivity contribution in [1.29, 1.82) is 0 Å². The lowest BCUT2D eigenvalue weighted by Gasteiger charge is -2.23. The van der Waals surface area contributed by atoms with Crippen molar-refractivity contribution in [1.82, 2.24) is 10.2 Å². The average Bonchev–Trinajstić information content (AvgIpc) is 2.35. The lowest BCUT2D eigenvalue weighted by atomic mass is 10.1. The minimum absolute atomic E-state index is 0.0595. The smallest absolute Gasteiger partial charge is 0.410 e. The fourth-order valence-corrected chi connectivity index (χ4v) is 1.50. The summed E-state index contributed by atoms with van der Waals surface area (Å²) in [6.07, 6.45) is -1.09. The highest BCUT2D eigenvalue weighted by atomic mass is 16.6. The molecule has 1 rings (SSSR count). The van der Waals surface area contributed by atoms with Gasteiger partial charge in [0.2, 0.25) is 0 Å². The van der Waals surface area contributed by atoms with Gasteiger partial charge in [0, 0.05) is 26.2 Å². The van der Waals surface area contributed by atoms with E-state index in [9.17, 15) is 9.90 Å². The number of aliphatic hydroxyl groups is 1. The topological polar surface area (TPSA) is 61.8 Å². The Morgan fingerprint density at radius 2 is 2.05 bits per heavy atom. The largest absolute Gasteiger partial charge is 0.414 e. The number of aliphatic hydroxyl groups excluding tert-OH is 1. The molecule has 1 unspecified atom stereocenters. The van der Waals surface area contributed by atoms with Crippen molar-refractivity contribution in [2.45, 2.75) is 32.4 Å². The molecular weight excluding hydrogens is 256 g/mol. The van der Waals surface area contributed by atoms with Crippen molar-refractivity contribution in [3.05, 3.63) is 29.8 Å². The first-order valence-corrected chi connectivity index (χ1v) is 6.61. The van der Waals surface area contributed by atoms with Crippen molar-refractivity contribution >= 4 is 6.09 Å². The number of hydrogen-bond donors (Lipinski definition) is 2. The Hall–Kier alpha value is -1.59. The number of amides is 1. The maximum atomic E-state index is 11.5. The van der Waals surface area contributed by atoms with Crippen LogP contribution in [-0.4, -0.2) is 42.3 Å². The predicted molar refractivity (Wildman–Crippen MR) is 78.9 cm³/mol. The van der Waals surface area contributed by atoms with Gasteiger partial charge in [0.05, 0.1) is 6.10 Å². The van der Waals surface area contributed by atoms with E-state index in [0.717, 1.165) is 0 Å². The third-order valence-electron chi connectivity index (χ3n) is 2.64. The van der Waals surface area contributed by atoms with Crippen LogP contribution in [0.15, 0.2) is 24.3 Å². The summed E-state index contributed by atoms with van der Waals surface area (Å²) in [5.74, 6) is 0.427. The molecule has 0 aliphatic carbocycles. The molecule has 5 heteroatoms. The van der Waals surface area contributed by atoms with Crippen LogP contribution in [0.25, 0.3) is 0 Å². The second kappa shape index (κ2) is 6.72. The molecule has 0 spiro atoms. The number of nitrogens with one attached hydrogen (secondary N) is 1. The fraction of sp³-hybridized carbons (Fsp3) is 0.533. The summed E-state index contributed by atoms with van der Waals surface area (Å²) in [6, 6.07) is 6.93. The third kappa shape index (κ3) is 5.59. The van der Waals surface area contributed by atoms with E-state index in [1.54, 1.807) is 32.3 Å². The summed E-state index contributed by atoms with van der Waals surface area (Å²) in [5, 5.41) is 13.4. The molecule has 112 valence electrons. The van der Waals surface area contributed by atoms with Gasteiger partial charge < -0.3 is 20.1 Å². The number of carbonyl (C=O) groups excluding carboxylic acids is 1. The average molecular weight is 280 g/mol. The molecule has 1 amide bonds. The van der Waals surface area contributed by atoms with Crippen LogP contribution in [0.5, 0.6) is 5.75 Å². The van der Waals surface area contributed by atoms with Crippen molar-refractivity contribution in [2.24, 2.45) is 0 Å². The van der Waals surface area contributed by atoms with E-state index in [2.05, 4.69) is 5.32 Å². The zero-order chi connectivity index (χ0) is 15.3. The highest BCUT2D eigenvalue weighted by Gasteiger charge is 2.14. The first kappa shape index (κ1) is 16.5. The second-order valence-corrected chi connectivity index (χ2v) is 5.98. The number of rotatable bonds is 4. The van der Waals surface area contributed by atoms with E-state index < -0.39 is 12.2 Å². The van der Waals surface area contributed by atoms with Crippen LogP contribution in [0.1, 0.15) is 32.4 Å². The third-order valence-corrected chi connectivity index (χ3v) is 2.64. The molecule has 0 aromatic heterocycles. The van der Waals surface area contributed by atoms with E-state index >= 15 is 0 Å². The first-order chi connectivity index (χ1) is 9.19. The van der Waals surface area contributed by atoms with Crippen molar-refractivity contribution < 1.29 is 14.6 Å². The molecule has 0 saturated heterocycles. The van der Waals surface area contributed by atoms with Crippen molar-refractivity contribution in [3.63, 3.8) is 0 Å². The normalized spacial score (nSPS) is 12.9. The number of nitrogens with zero attached hydrogens (tertiary/aromatic N) is 1. The zero-order valence-corrected chi connectivity index (χ0v) is 12.8. The molecule has 1 aromatic rings. The highest BCUT2D eigenvalue weighted by Crippen LogP contribution is 2.20. The quantitative estimate of drug-likeness (QED) is 0.887. The van der Waals surface area contributed by atoms with Crippen LogP contribution in [0.3, 0.4) is 0 Å². The Bertz CT molecular complexity index is 453. The van der Waals surface area contributed by atoms with Crippen LogP contribution in [0.2, 0.25) is 0 Å². The molecule has 5 nitrogen and oxygen atoms in total. The summed E-state index contributed by atoms with van der Waals surface area (Å²) in [5.41, 5.74) is 0.654. The molecule has 0 aliphatic rings. The van der Waals surface area contributed by atoms with Crippen LogP contribution in [0.4, 0.5) is 4.79 Å². The van der Waals surface area contributed by atoms with Gasteiger partial charge in [0.1, 0.15) is 5.75 Å². The highest BCUT2D eigenvalue weighted by molar-refractivity contribution is 5.70. The van der Waals surface area contributed by atoms with Gasteiger partial charge in [-0.05, 0) is 38.5 Å². The van der Waals surface area contributed by atoms with Crippen LogP contribution in [-0.2, 0) is 0 Å². The molecule has 0 saturated carbocycles. The maximum Gasteiger partial charge on any atom is 0.414 e. The zero-order valence-electron chi connectivity index (χ0n) is 12.8. The molecule has 0 heterocycles. The Morgan fingerprint density at radius 1 is 1.40 bits per heavy atom. The SMILES string of the molecule is CN(C)C(=O)Oc1cccc(C(O)CNC(C)(C)C)c1. The summed E-state index contributed by atoms with van der Waals surface area (Å²) in [4.78, 5) is 12.8. The summed E-state index contributed by atoms with van der Waals surface area (Å²) in [7, 11) is 3.24. The molecular formula is C15H24N2O3. The first-order valence-electron chi connectivity index (χ1n) is 6.61. The molecule has 0 radical (unpaired) electrons. The Labute approximate surface area is 120 Å². The summed E-state index contributed by atoms with van der Waals surface area (Å²) < 4.78 is 5.17. The number of carbonyl (C=O) groups is 1. The van der Waals surface area contributed by atoms with Gasteiger partial charge in [-0.1, -0.05) is 12.1 Å². The summed E-state index contributed by atoms with van der Waals surface area (Å²) in [6.45, 7) is 6.55. The van der Waals surface area contributed by atoms with E-state index in [-0.39, 0.29) is 5.54 Å². The molecule has 0 fully saturated rings.